The van der Waals surface area contributed by atoms with Crippen LogP contribution in [0.15, 0.2) is 42.6 Å². The zero-order chi connectivity index (χ0) is 14.5. The fourth-order valence-electron chi connectivity index (χ4n) is 2.11. The van der Waals surface area contributed by atoms with Gasteiger partial charge in [-0.3, -0.25) is 4.98 Å². The van der Waals surface area contributed by atoms with Crippen LogP contribution in [0.4, 0.5) is 5.69 Å². The highest BCUT2D eigenvalue weighted by atomic mass is 15.1. The lowest BCUT2D eigenvalue weighted by molar-refractivity contribution is 0.675. The van der Waals surface area contributed by atoms with Gasteiger partial charge < -0.3 is 10.6 Å². The molecule has 3 nitrogen and oxygen atoms in total. The Labute approximate surface area is 121 Å². The van der Waals surface area contributed by atoms with Crippen LogP contribution in [-0.4, -0.2) is 12.0 Å². The Morgan fingerprint density at radius 3 is 2.40 bits per heavy atom. The van der Waals surface area contributed by atoms with Crippen LogP contribution in [0.2, 0.25) is 0 Å². The standard InChI is InChI=1S/C17H23N3/c1-4-16(18)17-10-9-15(11-19-17)20(3)12-14-7-5-13(2)6-8-14/h5-11,16H,4,12,18H2,1-3H3/t16-/m1/s1. The van der Waals surface area contributed by atoms with Gasteiger partial charge >= 0.3 is 0 Å². The van der Waals surface area contributed by atoms with Gasteiger partial charge in [0.2, 0.25) is 0 Å². The van der Waals surface area contributed by atoms with E-state index in [1.165, 1.54) is 11.1 Å². The van der Waals surface area contributed by atoms with Crippen molar-refractivity contribution in [2.24, 2.45) is 5.73 Å². The van der Waals surface area contributed by atoms with Crippen molar-refractivity contribution in [3.05, 3.63) is 59.4 Å². The van der Waals surface area contributed by atoms with Crippen LogP contribution in [0.5, 0.6) is 0 Å². The molecule has 0 saturated carbocycles. The second kappa shape index (κ2) is 6.53. The van der Waals surface area contributed by atoms with Crippen molar-refractivity contribution in [3.8, 4) is 0 Å². The lowest BCUT2D eigenvalue weighted by Gasteiger charge is -2.20. The summed E-state index contributed by atoms with van der Waals surface area (Å²) in [6.07, 6.45) is 2.81. The Morgan fingerprint density at radius 1 is 1.15 bits per heavy atom. The summed E-state index contributed by atoms with van der Waals surface area (Å²) in [7, 11) is 2.08. The molecular formula is C17H23N3. The van der Waals surface area contributed by atoms with Gasteiger partial charge in [-0.05, 0) is 31.0 Å². The van der Waals surface area contributed by atoms with E-state index < -0.39 is 0 Å². The lowest BCUT2D eigenvalue weighted by Crippen LogP contribution is -2.17. The maximum Gasteiger partial charge on any atom is 0.0572 e. The number of anilines is 1. The Kier molecular flexibility index (Phi) is 4.74. The SMILES string of the molecule is CC[C@@H](N)c1ccc(N(C)Cc2ccc(C)cc2)cn1. The smallest absolute Gasteiger partial charge is 0.0572 e. The molecule has 0 bridgehead atoms. The molecule has 2 N–H and O–H groups in total. The van der Waals surface area contributed by atoms with Crippen molar-refractivity contribution in [3.63, 3.8) is 0 Å². The Hall–Kier alpha value is -1.87. The number of pyridine rings is 1. The number of benzene rings is 1. The van der Waals surface area contributed by atoms with E-state index in [9.17, 15) is 0 Å². The van der Waals surface area contributed by atoms with Crippen LogP contribution in [0.25, 0.3) is 0 Å². The van der Waals surface area contributed by atoms with E-state index in [1.54, 1.807) is 0 Å². The van der Waals surface area contributed by atoms with E-state index in [0.29, 0.717) is 0 Å². The topological polar surface area (TPSA) is 42.1 Å². The summed E-state index contributed by atoms with van der Waals surface area (Å²) in [6, 6.07) is 12.8. The van der Waals surface area contributed by atoms with Crippen molar-refractivity contribution < 1.29 is 0 Å². The third-order valence-corrected chi connectivity index (χ3v) is 3.57. The molecule has 20 heavy (non-hydrogen) atoms. The highest BCUT2D eigenvalue weighted by molar-refractivity contribution is 5.44. The Balaban J connectivity index is 2.05. The number of hydrogen-bond donors (Lipinski definition) is 1. The van der Waals surface area contributed by atoms with Gasteiger partial charge in [0.1, 0.15) is 0 Å². The molecule has 2 rings (SSSR count). The molecular weight excluding hydrogens is 246 g/mol. The monoisotopic (exact) mass is 269 g/mol. The molecule has 0 aliphatic rings. The van der Waals surface area contributed by atoms with E-state index >= 15 is 0 Å². The minimum atomic E-state index is 0.0338. The third-order valence-electron chi connectivity index (χ3n) is 3.57. The number of hydrogen-bond acceptors (Lipinski definition) is 3. The second-order valence-electron chi connectivity index (χ2n) is 5.30. The maximum absolute atomic E-state index is 5.98. The van der Waals surface area contributed by atoms with Gasteiger partial charge in [-0.2, -0.15) is 0 Å². The summed E-state index contributed by atoms with van der Waals surface area (Å²) in [6.45, 7) is 5.05. The predicted octanol–water partition coefficient (Wildman–Crippen LogP) is 3.44. The average Bonchev–Trinajstić information content (AvgIpc) is 2.49. The van der Waals surface area contributed by atoms with E-state index in [0.717, 1.165) is 24.3 Å². The third kappa shape index (κ3) is 3.58. The number of nitrogens with two attached hydrogens (primary N) is 1. The fourth-order valence-corrected chi connectivity index (χ4v) is 2.11. The minimum Gasteiger partial charge on any atom is -0.369 e. The van der Waals surface area contributed by atoms with E-state index in [-0.39, 0.29) is 6.04 Å². The van der Waals surface area contributed by atoms with Crippen LogP contribution in [-0.2, 0) is 6.54 Å². The Bertz CT molecular complexity index is 531. The first kappa shape index (κ1) is 14.5. The summed E-state index contributed by atoms with van der Waals surface area (Å²) in [4.78, 5) is 6.65. The Morgan fingerprint density at radius 2 is 1.85 bits per heavy atom. The number of nitrogens with zero attached hydrogens (tertiary/aromatic N) is 2. The summed E-state index contributed by atoms with van der Waals surface area (Å²) in [5.41, 5.74) is 10.6. The van der Waals surface area contributed by atoms with Crippen molar-refractivity contribution in [2.45, 2.75) is 32.9 Å². The van der Waals surface area contributed by atoms with Gasteiger partial charge in [-0.15, -0.1) is 0 Å². The van der Waals surface area contributed by atoms with Gasteiger partial charge in [0, 0.05) is 19.6 Å². The highest BCUT2D eigenvalue weighted by Gasteiger charge is 2.07. The first-order chi connectivity index (χ1) is 9.60. The van der Waals surface area contributed by atoms with Gasteiger partial charge in [0.25, 0.3) is 0 Å². The lowest BCUT2D eigenvalue weighted by atomic mass is 10.1. The van der Waals surface area contributed by atoms with Crippen molar-refractivity contribution in [1.82, 2.24) is 4.98 Å². The van der Waals surface area contributed by atoms with Crippen LogP contribution in [0, 0.1) is 6.92 Å². The molecule has 0 fully saturated rings. The summed E-state index contributed by atoms with van der Waals surface area (Å²) >= 11 is 0. The zero-order valence-electron chi connectivity index (χ0n) is 12.5. The fraction of sp³-hybridized carbons (Fsp3) is 0.353. The molecule has 0 amide bonds. The molecule has 106 valence electrons. The first-order valence-electron chi connectivity index (χ1n) is 7.08. The van der Waals surface area contributed by atoms with E-state index in [2.05, 4.69) is 61.1 Å². The molecule has 3 heteroatoms. The van der Waals surface area contributed by atoms with E-state index in [1.807, 2.05) is 12.3 Å². The van der Waals surface area contributed by atoms with Crippen molar-refractivity contribution in [1.29, 1.82) is 0 Å². The summed E-state index contributed by atoms with van der Waals surface area (Å²) in [5.74, 6) is 0. The largest absolute Gasteiger partial charge is 0.369 e. The molecule has 0 radical (unpaired) electrons. The number of aryl methyl sites for hydroxylation is 1. The molecule has 0 aliphatic carbocycles. The molecule has 1 aromatic heterocycles. The average molecular weight is 269 g/mol. The molecule has 1 heterocycles. The molecule has 2 aromatic rings. The van der Waals surface area contributed by atoms with Crippen LogP contribution in [0.3, 0.4) is 0 Å². The second-order valence-corrected chi connectivity index (χ2v) is 5.30. The van der Waals surface area contributed by atoms with Gasteiger partial charge in [-0.25, -0.2) is 0 Å². The zero-order valence-corrected chi connectivity index (χ0v) is 12.5. The number of aromatic nitrogens is 1. The summed E-state index contributed by atoms with van der Waals surface area (Å²) in [5, 5.41) is 0. The van der Waals surface area contributed by atoms with Gasteiger partial charge in [0.15, 0.2) is 0 Å². The number of rotatable bonds is 5. The molecule has 0 spiro atoms. The van der Waals surface area contributed by atoms with E-state index in [4.69, 9.17) is 5.73 Å². The normalized spacial score (nSPS) is 12.2. The molecule has 0 unspecified atom stereocenters. The molecule has 1 atom stereocenters. The predicted molar refractivity (Wildman–Crippen MR) is 84.7 cm³/mol. The molecule has 0 saturated heterocycles. The van der Waals surface area contributed by atoms with Gasteiger partial charge in [0.05, 0.1) is 17.6 Å². The summed E-state index contributed by atoms with van der Waals surface area (Å²) < 4.78 is 0. The van der Waals surface area contributed by atoms with Crippen molar-refractivity contribution in [2.75, 3.05) is 11.9 Å². The first-order valence-corrected chi connectivity index (χ1v) is 7.08. The van der Waals surface area contributed by atoms with Crippen molar-refractivity contribution >= 4 is 5.69 Å². The highest BCUT2D eigenvalue weighted by Crippen LogP contribution is 2.18. The van der Waals surface area contributed by atoms with Gasteiger partial charge in [-0.1, -0.05) is 36.8 Å². The van der Waals surface area contributed by atoms with Crippen LogP contribution >= 0.6 is 0 Å². The van der Waals surface area contributed by atoms with Crippen LogP contribution < -0.4 is 10.6 Å². The molecule has 1 aromatic carbocycles. The quantitative estimate of drug-likeness (QED) is 0.904. The minimum absolute atomic E-state index is 0.0338. The van der Waals surface area contributed by atoms with Crippen LogP contribution in [0.1, 0.15) is 36.2 Å². The molecule has 0 aliphatic heterocycles. The maximum atomic E-state index is 5.98.